The number of hydrogen-bond donors (Lipinski definition) is 1. The van der Waals surface area contributed by atoms with Crippen molar-refractivity contribution in [1.29, 1.82) is 0 Å². The third-order valence-electron chi connectivity index (χ3n) is 3.13. The summed E-state index contributed by atoms with van der Waals surface area (Å²) < 4.78 is 6.49. The summed E-state index contributed by atoms with van der Waals surface area (Å²) in [5, 5.41) is 4.73. The van der Waals surface area contributed by atoms with E-state index in [9.17, 15) is 0 Å². The second kappa shape index (κ2) is 6.91. The van der Waals surface area contributed by atoms with Crippen LogP contribution in [0.15, 0.2) is 44.7 Å². The Kier molecular flexibility index (Phi) is 4.93. The molecule has 22 heavy (non-hydrogen) atoms. The second-order valence-electron chi connectivity index (χ2n) is 5.04. The van der Waals surface area contributed by atoms with Gasteiger partial charge in [-0.05, 0) is 52.3 Å². The summed E-state index contributed by atoms with van der Waals surface area (Å²) in [6, 6.07) is 11.6. The van der Waals surface area contributed by atoms with Crippen molar-refractivity contribution in [2.75, 3.05) is 7.05 Å². The van der Waals surface area contributed by atoms with Crippen LogP contribution in [0.4, 0.5) is 0 Å². The Morgan fingerprint density at radius 2 is 1.95 bits per heavy atom. The molecule has 1 atom stereocenters. The van der Waals surface area contributed by atoms with E-state index < -0.39 is 0 Å². The van der Waals surface area contributed by atoms with Crippen molar-refractivity contribution in [3.05, 3.63) is 56.0 Å². The van der Waals surface area contributed by atoms with Crippen molar-refractivity contribution in [3.8, 4) is 11.4 Å². The molecular weight excluding hydrogens is 386 g/mol. The molecule has 0 saturated heterocycles. The molecule has 0 saturated carbocycles. The Morgan fingerprint density at radius 1 is 1.18 bits per heavy atom. The monoisotopic (exact) mass is 398 g/mol. The van der Waals surface area contributed by atoms with Gasteiger partial charge in [-0.25, -0.2) is 0 Å². The van der Waals surface area contributed by atoms with E-state index >= 15 is 0 Å². The fourth-order valence-corrected chi connectivity index (χ4v) is 3.83. The van der Waals surface area contributed by atoms with Gasteiger partial charge in [0.25, 0.3) is 5.89 Å². The van der Waals surface area contributed by atoms with E-state index in [1.54, 1.807) is 11.3 Å². The summed E-state index contributed by atoms with van der Waals surface area (Å²) >= 11 is 11.1. The number of rotatable bonds is 5. The lowest BCUT2D eigenvalue weighted by Crippen LogP contribution is -3.06. The molecule has 4 nitrogen and oxygen atoms in total. The lowest BCUT2D eigenvalue weighted by Gasteiger charge is -2.09. The average molecular weight is 400 g/mol. The standard InChI is InChI=1S/C15H13BrClN3OS/c1-20(8-12-6-7-13(16)22-12)9-14-18-15(19-21-14)10-2-4-11(17)5-3-10/h2-7H,8-9H2,1H3/p+1. The van der Waals surface area contributed by atoms with Gasteiger partial charge in [0.05, 0.1) is 15.7 Å². The van der Waals surface area contributed by atoms with Gasteiger partial charge in [-0.3, -0.25) is 0 Å². The fraction of sp³-hybridized carbons (Fsp3) is 0.200. The molecule has 1 N–H and O–H groups in total. The zero-order chi connectivity index (χ0) is 15.5. The number of benzene rings is 1. The van der Waals surface area contributed by atoms with Gasteiger partial charge in [0, 0.05) is 10.6 Å². The van der Waals surface area contributed by atoms with Crippen LogP contribution in [0.5, 0.6) is 0 Å². The predicted octanol–water partition coefficient (Wildman–Crippen LogP) is 3.43. The van der Waals surface area contributed by atoms with E-state index in [4.69, 9.17) is 16.1 Å². The SMILES string of the molecule is C[NH+](Cc1nc(-c2ccc(Cl)cc2)no1)Cc1ccc(Br)s1. The molecular formula is C15H14BrClN3OS+. The number of halogens is 2. The highest BCUT2D eigenvalue weighted by Gasteiger charge is 2.14. The zero-order valence-electron chi connectivity index (χ0n) is 11.8. The van der Waals surface area contributed by atoms with Crippen molar-refractivity contribution in [3.63, 3.8) is 0 Å². The molecule has 1 unspecified atom stereocenters. The quantitative estimate of drug-likeness (QED) is 0.715. The molecule has 2 aromatic heterocycles. The molecule has 3 rings (SSSR count). The zero-order valence-corrected chi connectivity index (χ0v) is 15.0. The smallest absolute Gasteiger partial charge is 0.282 e. The first-order valence-corrected chi connectivity index (χ1v) is 8.73. The summed E-state index contributed by atoms with van der Waals surface area (Å²) in [5.74, 6) is 1.23. The third-order valence-corrected chi connectivity index (χ3v) is 5.00. The maximum Gasteiger partial charge on any atom is 0.282 e. The Balaban J connectivity index is 1.65. The highest BCUT2D eigenvalue weighted by molar-refractivity contribution is 9.11. The van der Waals surface area contributed by atoms with Crippen molar-refractivity contribution >= 4 is 38.9 Å². The van der Waals surface area contributed by atoms with E-state index in [2.05, 4.69) is 45.3 Å². The molecule has 0 aliphatic carbocycles. The summed E-state index contributed by atoms with van der Waals surface area (Å²) in [5.41, 5.74) is 0.902. The van der Waals surface area contributed by atoms with E-state index in [0.29, 0.717) is 23.3 Å². The first-order chi connectivity index (χ1) is 10.6. The molecule has 3 aromatic rings. The van der Waals surface area contributed by atoms with Crippen molar-refractivity contribution in [2.45, 2.75) is 13.1 Å². The molecule has 0 radical (unpaired) electrons. The number of nitrogens with zero attached hydrogens (tertiary/aromatic N) is 2. The summed E-state index contributed by atoms with van der Waals surface area (Å²) in [6.45, 7) is 1.62. The van der Waals surface area contributed by atoms with Crippen LogP contribution in [0.2, 0.25) is 5.02 Å². The Bertz CT molecular complexity index is 756. The second-order valence-corrected chi connectivity index (χ2v) is 8.02. The maximum atomic E-state index is 5.88. The van der Waals surface area contributed by atoms with Crippen molar-refractivity contribution in [2.24, 2.45) is 0 Å². The van der Waals surface area contributed by atoms with Crippen LogP contribution in [0.25, 0.3) is 11.4 Å². The first kappa shape index (κ1) is 15.7. The summed E-state index contributed by atoms with van der Waals surface area (Å²) in [4.78, 5) is 7.06. The van der Waals surface area contributed by atoms with Gasteiger partial charge in [0.1, 0.15) is 6.54 Å². The topological polar surface area (TPSA) is 43.4 Å². The molecule has 2 heterocycles. The van der Waals surface area contributed by atoms with Gasteiger partial charge in [0.2, 0.25) is 5.82 Å². The number of thiophene rings is 1. The van der Waals surface area contributed by atoms with Gasteiger partial charge in [0.15, 0.2) is 6.54 Å². The largest absolute Gasteiger partial charge is 0.333 e. The molecule has 0 spiro atoms. The van der Waals surface area contributed by atoms with Crippen molar-refractivity contribution < 1.29 is 9.42 Å². The highest BCUT2D eigenvalue weighted by atomic mass is 79.9. The molecule has 7 heteroatoms. The van der Waals surface area contributed by atoms with Crippen LogP contribution < -0.4 is 4.90 Å². The number of quaternary nitrogens is 1. The minimum atomic E-state index is 0.596. The number of nitrogens with one attached hydrogen (secondary N) is 1. The molecule has 0 aliphatic heterocycles. The number of hydrogen-bond acceptors (Lipinski definition) is 4. The Labute approximate surface area is 145 Å². The molecule has 1 aromatic carbocycles. The van der Waals surface area contributed by atoms with E-state index in [1.807, 2.05) is 24.3 Å². The van der Waals surface area contributed by atoms with Gasteiger partial charge in [-0.1, -0.05) is 16.8 Å². The van der Waals surface area contributed by atoms with Gasteiger partial charge >= 0.3 is 0 Å². The minimum absolute atomic E-state index is 0.596. The van der Waals surface area contributed by atoms with E-state index in [0.717, 1.165) is 15.9 Å². The van der Waals surface area contributed by atoms with E-state index in [-0.39, 0.29) is 0 Å². The molecule has 0 amide bonds. The molecule has 0 aliphatic rings. The fourth-order valence-electron chi connectivity index (χ4n) is 2.11. The highest BCUT2D eigenvalue weighted by Crippen LogP contribution is 2.21. The lowest BCUT2D eigenvalue weighted by atomic mass is 10.2. The van der Waals surface area contributed by atoms with Crippen LogP contribution in [0.3, 0.4) is 0 Å². The Hall–Kier alpha value is -1.21. The number of aromatic nitrogens is 2. The summed E-state index contributed by atoms with van der Waals surface area (Å²) in [7, 11) is 2.11. The molecule has 0 bridgehead atoms. The van der Waals surface area contributed by atoms with Crippen LogP contribution in [0, 0.1) is 0 Å². The van der Waals surface area contributed by atoms with Crippen LogP contribution in [0.1, 0.15) is 10.8 Å². The average Bonchev–Trinajstić information content (AvgIpc) is 3.09. The third kappa shape index (κ3) is 3.95. The van der Waals surface area contributed by atoms with Crippen molar-refractivity contribution in [1.82, 2.24) is 10.1 Å². The minimum Gasteiger partial charge on any atom is -0.333 e. The van der Waals surface area contributed by atoms with Crippen LogP contribution >= 0.6 is 38.9 Å². The normalized spacial score (nSPS) is 12.5. The predicted molar refractivity (Wildman–Crippen MR) is 91.1 cm³/mol. The van der Waals surface area contributed by atoms with E-state index in [1.165, 1.54) is 9.78 Å². The van der Waals surface area contributed by atoms with Gasteiger partial charge in [-0.15, -0.1) is 11.3 Å². The Morgan fingerprint density at radius 3 is 2.64 bits per heavy atom. The molecule has 0 fully saturated rings. The van der Waals surface area contributed by atoms with Crippen LogP contribution in [-0.2, 0) is 13.1 Å². The first-order valence-electron chi connectivity index (χ1n) is 6.74. The lowest BCUT2D eigenvalue weighted by molar-refractivity contribution is -0.908. The summed E-state index contributed by atoms with van der Waals surface area (Å²) in [6.07, 6.45) is 0. The van der Waals surface area contributed by atoms with Gasteiger partial charge < -0.3 is 9.42 Å². The van der Waals surface area contributed by atoms with Crippen LogP contribution in [-0.4, -0.2) is 17.2 Å². The maximum absolute atomic E-state index is 5.88. The molecule has 114 valence electrons. The van der Waals surface area contributed by atoms with Gasteiger partial charge in [-0.2, -0.15) is 4.98 Å².